The van der Waals surface area contributed by atoms with Crippen LogP contribution in [-0.4, -0.2) is 74.8 Å². The molecule has 5 heterocycles. The van der Waals surface area contributed by atoms with Crippen molar-refractivity contribution in [2.24, 2.45) is 19.2 Å². The van der Waals surface area contributed by atoms with E-state index in [2.05, 4.69) is 46.5 Å². The Hall–Kier alpha value is -4.28. The molecule has 0 atom stereocenters. The van der Waals surface area contributed by atoms with Gasteiger partial charge >= 0.3 is 5.97 Å². The van der Waals surface area contributed by atoms with Crippen molar-refractivity contribution in [3.05, 3.63) is 80.4 Å². The molecule has 2 N–H and O–H groups in total. The topological polar surface area (TPSA) is 100 Å². The number of aryl methyl sites for hydroxylation is 6. The van der Waals surface area contributed by atoms with Crippen LogP contribution in [0.3, 0.4) is 0 Å². The van der Waals surface area contributed by atoms with Gasteiger partial charge in [0, 0.05) is 73.9 Å². The van der Waals surface area contributed by atoms with E-state index in [9.17, 15) is 9.90 Å². The van der Waals surface area contributed by atoms with Gasteiger partial charge in [-0.15, -0.1) is 0 Å². The second kappa shape index (κ2) is 14.3. The smallest absolute Gasteiger partial charge is 0.352 e. The van der Waals surface area contributed by atoms with Gasteiger partial charge in [-0.25, -0.2) is 4.79 Å². The minimum atomic E-state index is -0.943. The van der Waals surface area contributed by atoms with Crippen LogP contribution < -0.4 is 10.1 Å². The number of carboxylic acids is 1. The Morgan fingerprint density at radius 3 is 2.73 bits per heavy atom. The van der Waals surface area contributed by atoms with E-state index in [0.717, 1.165) is 109 Å². The third-order valence-electron chi connectivity index (χ3n) is 10.1. The number of halogens is 1. The Labute approximate surface area is 293 Å². The van der Waals surface area contributed by atoms with Crippen molar-refractivity contribution in [1.82, 2.24) is 24.3 Å². The maximum Gasteiger partial charge on any atom is 0.352 e. The number of fused-ring (bicyclic) bond motifs is 7. The quantitative estimate of drug-likeness (QED) is 0.231. The van der Waals surface area contributed by atoms with Crippen molar-refractivity contribution in [2.75, 3.05) is 38.6 Å². The molecule has 2 aromatic heterocycles. The first-order valence-corrected chi connectivity index (χ1v) is 17.9. The van der Waals surface area contributed by atoms with E-state index in [1.54, 1.807) is 4.57 Å². The van der Waals surface area contributed by atoms with Crippen molar-refractivity contribution >= 4 is 46.5 Å². The van der Waals surface area contributed by atoms with Crippen LogP contribution in [0.1, 0.15) is 76.2 Å². The Morgan fingerprint density at radius 1 is 1.00 bits per heavy atom. The molecule has 2 aromatic carbocycles. The number of hydrogen-bond donors (Lipinski definition) is 2. The first-order chi connectivity index (χ1) is 23.8. The normalized spacial score (nSPS) is 19.6. The number of piperidine rings is 1. The summed E-state index contributed by atoms with van der Waals surface area (Å²) >= 11 is 6.89. The number of rotatable bonds is 1. The third-order valence-corrected chi connectivity index (χ3v) is 10.4. The number of ether oxygens (including phenoxy) is 1. The lowest BCUT2D eigenvalue weighted by molar-refractivity contribution is 0.0685. The van der Waals surface area contributed by atoms with Crippen LogP contribution in [0.5, 0.6) is 5.75 Å². The second-order valence-corrected chi connectivity index (χ2v) is 14.0. The highest BCUT2D eigenvalue weighted by atomic mass is 35.5. The largest absolute Gasteiger partial charge is 0.491 e. The van der Waals surface area contributed by atoms with E-state index < -0.39 is 5.97 Å². The van der Waals surface area contributed by atoms with Crippen molar-refractivity contribution in [2.45, 2.75) is 64.3 Å². The van der Waals surface area contributed by atoms with Crippen molar-refractivity contribution < 1.29 is 14.6 Å². The van der Waals surface area contributed by atoms with E-state index in [-0.39, 0.29) is 0 Å². The van der Waals surface area contributed by atoms with Gasteiger partial charge in [-0.1, -0.05) is 23.7 Å². The number of nitrogens with one attached hydrogen (secondary N) is 1. The van der Waals surface area contributed by atoms with Crippen LogP contribution in [0.25, 0.3) is 17.0 Å². The first-order valence-electron chi connectivity index (χ1n) is 17.5. The number of hydrazone groups is 1. The van der Waals surface area contributed by atoms with Crippen LogP contribution in [0, 0.1) is 0 Å². The fraction of sp³-hybridized carbons (Fsp3) is 0.447. The van der Waals surface area contributed by atoms with Gasteiger partial charge in [0.1, 0.15) is 11.4 Å². The van der Waals surface area contributed by atoms with E-state index in [0.29, 0.717) is 36.7 Å². The molecule has 0 spiro atoms. The molecular weight excluding hydrogens is 638 g/mol. The van der Waals surface area contributed by atoms with Gasteiger partial charge in [0.25, 0.3) is 0 Å². The van der Waals surface area contributed by atoms with Crippen LogP contribution in [0.4, 0.5) is 5.69 Å². The summed E-state index contributed by atoms with van der Waals surface area (Å²) in [6.45, 7) is 3.63. The van der Waals surface area contributed by atoms with Crippen LogP contribution in [-0.2, 0) is 46.3 Å². The molecule has 0 amide bonds. The number of carboxylic acid groups (broad SMARTS) is 1. The Bertz CT molecular complexity index is 1940. The van der Waals surface area contributed by atoms with Gasteiger partial charge in [0.2, 0.25) is 0 Å². The minimum absolute atomic E-state index is 0.295. The number of aromatic nitrogens is 3. The van der Waals surface area contributed by atoms with Crippen LogP contribution >= 0.6 is 11.6 Å². The maximum absolute atomic E-state index is 12.7. The standard InChI is InChI=1S/C38H46ClN7O3/c1-43-18-16-41-46-17-5-4-9-29(46)23-32-33(39)14-13-31-30(37(38(47)48)44(2)36(31)32)10-7-19-49-34-21-25(20-26-8-6-15-40-35(26)34)11-12-28-22-27(24-43)42-45(28)3/h13-14,16,20-23,40H,4-12,15,17-19,24H2,1-3H3,(H,47,48)/b29-23-,41-16+. The van der Waals surface area contributed by atoms with Crippen molar-refractivity contribution in [3.8, 4) is 5.75 Å². The highest BCUT2D eigenvalue weighted by Crippen LogP contribution is 2.37. The molecule has 0 saturated carbocycles. The SMILES string of the molecule is CN1C/C=N/N2CCCC/C2=C/c2c(Cl)ccc3c(c(C(=O)O)n(C)c23)CCCOc2cc(cc3c2NCCC3)CCc2cc(nn2C)C1. The molecular formula is C38H46ClN7O3. The summed E-state index contributed by atoms with van der Waals surface area (Å²) in [4.78, 5) is 14.9. The van der Waals surface area contributed by atoms with E-state index in [4.69, 9.17) is 26.5 Å². The highest BCUT2D eigenvalue weighted by Gasteiger charge is 2.24. The van der Waals surface area contributed by atoms with Crippen LogP contribution in [0.15, 0.2) is 41.1 Å². The zero-order chi connectivity index (χ0) is 34.1. The monoisotopic (exact) mass is 683 g/mol. The third kappa shape index (κ3) is 6.94. The molecule has 0 unspecified atom stereocenters. The van der Waals surface area contributed by atoms with E-state index in [1.807, 2.05) is 37.1 Å². The summed E-state index contributed by atoms with van der Waals surface area (Å²) in [6.07, 6.45) is 12.2. The average molecular weight is 684 g/mol. The second-order valence-electron chi connectivity index (χ2n) is 13.6. The number of anilines is 1. The van der Waals surface area contributed by atoms with Crippen molar-refractivity contribution in [3.63, 3.8) is 0 Å². The fourth-order valence-corrected chi connectivity index (χ4v) is 7.87. The van der Waals surface area contributed by atoms with Crippen molar-refractivity contribution in [1.29, 1.82) is 0 Å². The number of allylic oxidation sites excluding steroid dienone is 1. The molecule has 0 radical (unpaired) electrons. The predicted molar refractivity (Wildman–Crippen MR) is 196 cm³/mol. The minimum Gasteiger partial charge on any atom is -0.491 e. The molecule has 1 saturated heterocycles. The lowest BCUT2D eigenvalue weighted by Gasteiger charge is -2.27. The molecule has 258 valence electrons. The zero-order valence-corrected chi connectivity index (χ0v) is 29.5. The number of carbonyl (C=O) groups is 1. The molecule has 3 aliphatic heterocycles. The van der Waals surface area contributed by atoms with Gasteiger partial charge in [-0.2, -0.15) is 10.2 Å². The highest BCUT2D eigenvalue weighted by molar-refractivity contribution is 6.33. The van der Waals surface area contributed by atoms with Gasteiger partial charge in [0.15, 0.2) is 0 Å². The van der Waals surface area contributed by atoms with E-state index in [1.165, 1.54) is 16.8 Å². The lowest BCUT2D eigenvalue weighted by atomic mass is 9.97. The zero-order valence-electron chi connectivity index (χ0n) is 28.8. The summed E-state index contributed by atoms with van der Waals surface area (Å²) in [7, 11) is 5.95. The predicted octanol–water partition coefficient (Wildman–Crippen LogP) is 6.68. The molecule has 49 heavy (non-hydrogen) atoms. The molecule has 3 aliphatic rings. The number of aromatic carboxylic acids is 1. The molecule has 11 heteroatoms. The molecule has 0 aliphatic carbocycles. The van der Waals surface area contributed by atoms with E-state index >= 15 is 0 Å². The summed E-state index contributed by atoms with van der Waals surface area (Å²) in [5.74, 6) is -0.0640. The molecule has 1 fully saturated rings. The summed E-state index contributed by atoms with van der Waals surface area (Å²) in [5.41, 5.74) is 9.74. The molecule has 4 aromatic rings. The summed E-state index contributed by atoms with van der Waals surface area (Å²) in [5, 5.41) is 27.3. The number of benzene rings is 2. The molecule has 7 rings (SSSR count). The summed E-state index contributed by atoms with van der Waals surface area (Å²) in [6, 6.07) is 10.6. The first kappa shape index (κ1) is 33.2. The van der Waals surface area contributed by atoms with Gasteiger partial charge in [-0.05, 0) is 106 Å². The number of hydrogen-bond acceptors (Lipinski definition) is 7. The van der Waals surface area contributed by atoms with Gasteiger partial charge < -0.3 is 19.7 Å². The average Bonchev–Trinajstić information content (AvgIpc) is 3.58. The Morgan fingerprint density at radius 2 is 1.88 bits per heavy atom. The Kier molecular flexibility index (Phi) is 9.69. The molecule has 10 nitrogen and oxygen atoms in total. The van der Waals surface area contributed by atoms with Gasteiger partial charge in [0.05, 0.1) is 23.5 Å². The van der Waals surface area contributed by atoms with Gasteiger partial charge in [-0.3, -0.25) is 14.6 Å². The Balaban J connectivity index is 1.27. The summed E-state index contributed by atoms with van der Waals surface area (Å²) < 4.78 is 10.3. The lowest BCUT2D eigenvalue weighted by Crippen LogP contribution is -2.25. The number of nitrogens with zero attached hydrogens (tertiary/aromatic N) is 6. The fourth-order valence-electron chi connectivity index (χ4n) is 7.66. The maximum atomic E-state index is 12.7. The van der Waals surface area contributed by atoms with Crippen LogP contribution in [0.2, 0.25) is 5.02 Å². The molecule has 8 bridgehead atoms.